The highest BCUT2D eigenvalue weighted by molar-refractivity contribution is 7.89. The number of fused-ring (bicyclic) bond motifs is 1. The van der Waals surface area contributed by atoms with E-state index in [1.165, 1.54) is 0 Å². The van der Waals surface area contributed by atoms with E-state index >= 15 is 0 Å². The van der Waals surface area contributed by atoms with E-state index in [-0.39, 0.29) is 0 Å². The van der Waals surface area contributed by atoms with Crippen molar-refractivity contribution < 1.29 is 8.42 Å². The Hall–Kier alpha value is -0.390. The van der Waals surface area contributed by atoms with Crippen LogP contribution in [0, 0.1) is 5.92 Å². The highest BCUT2D eigenvalue weighted by atomic mass is 32.2. The zero-order valence-corrected chi connectivity index (χ0v) is 10.6. The Balaban J connectivity index is 2.35. The van der Waals surface area contributed by atoms with Gasteiger partial charge in [-0.2, -0.15) is 4.31 Å². The predicted octanol–water partition coefficient (Wildman–Crippen LogP) is 1.95. The van der Waals surface area contributed by atoms with Gasteiger partial charge in [0.25, 0.3) is 0 Å². The molecule has 3 nitrogen and oxygen atoms in total. The van der Waals surface area contributed by atoms with Gasteiger partial charge >= 0.3 is 0 Å². The van der Waals surface area contributed by atoms with Gasteiger partial charge in [0.15, 0.2) is 0 Å². The molecule has 0 saturated heterocycles. The molecule has 0 atom stereocenters. The topological polar surface area (TPSA) is 37.4 Å². The van der Waals surface area contributed by atoms with E-state index in [1.807, 2.05) is 19.2 Å². The smallest absolute Gasteiger partial charge is 0.207 e. The maximum Gasteiger partial charge on any atom is 0.244 e. The van der Waals surface area contributed by atoms with Gasteiger partial charge in [-0.1, -0.05) is 13.8 Å². The van der Waals surface area contributed by atoms with Crippen LogP contribution in [0.15, 0.2) is 16.3 Å². The fraction of sp³-hybridized carbons (Fsp3) is 0.600. The summed E-state index contributed by atoms with van der Waals surface area (Å²) in [6, 6.07) is 1.72. The molecule has 0 unspecified atom stereocenters. The van der Waals surface area contributed by atoms with Crippen molar-refractivity contribution in [3.05, 3.63) is 16.3 Å². The van der Waals surface area contributed by atoms with Crippen molar-refractivity contribution in [2.24, 2.45) is 5.92 Å². The van der Waals surface area contributed by atoms with Crippen LogP contribution in [0.3, 0.4) is 0 Å². The molecule has 0 radical (unpaired) electrons. The standard InChI is InChI=1S/C10H15NO2S2/c1-8(2)7-11-5-3-9-10(4-6-14-9)15(11,12)13/h4,6,8H,3,5,7H2,1-2H3. The van der Waals surface area contributed by atoms with Crippen molar-refractivity contribution in [3.63, 3.8) is 0 Å². The van der Waals surface area contributed by atoms with Crippen molar-refractivity contribution in [1.29, 1.82) is 0 Å². The number of sulfonamides is 1. The van der Waals surface area contributed by atoms with Crippen LogP contribution in [-0.4, -0.2) is 25.8 Å². The van der Waals surface area contributed by atoms with Crippen molar-refractivity contribution in [1.82, 2.24) is 4.31 Å². The van der Waals surface area contributed by atoms with E-state index < -0.39 is 10.0 Å². The van der Waals surface area contributed by atoms with E-state index in [9.17, 15) is 8.42 Å². The minimum Gasteiger partial charge on any atom is -0.207 e. The Morgan fingerprint density at radius 2 is 2.27 bits per heavy atom. The van der Waals surface area contributed by atoms with Gasteiger partial charge in [0.2, 0.25) is 10.0 Å². The molecule has 0 amide bonds. The lowest BCUT2D eigenvalue weighted by Gasteiger charge is -2.27. The zero-order chi connectivity index (χ0) is 11.1. The molecule has 5 heteroatoms. The molecule has 0 fully saturated rings. The maximum atomic E-state index is 12.1. The third-order valence-electron chi connectivity index (χ3n) is 2.48. The first kappa shape index (κ1) is 11.1. The number of hydrogen-bond acceptors (Lipinski definition) is 3. The van der Waals surface area contributed by atoms with E-state index in [0.717, 1.165) is 11.3 Å². The molecule has 1 aliphatic heterocycles. The van der Waals surface area contributed by atoms with Gasteiger partial charge in [0, 0.05) is 18.0 Å². The summed E-state index contributed by atoms with van der Waals surface area (Å²) in [6.45, 7) is 5.34. The van der Waals surface area contributed by atoms with Crippen molar-refractivity contribution in [3.8, 4) is 0 Å². The molecule has 0 N–H and O–H groups in total. The van der Waals surface area contributed by atoms with Crippen LogP contribution >= 0.6 is 11.3 Å². The summed E-state index contributed by atoms with van der Waals surface area (Å²) < 4.78 is 25.9. The summed E-state index contributed by atoms with van der Waals surface area (Å²) in [6.07, 6.45) is 0.860. The van der Waals surface area contributed by atoms with Crippen molar-refractivity contribution in [2.45, 2.75) is 25.2 Å². The minimum atomic E-state index is -3.19. The highest BCUT2D eigenvalue weighted by Crippen LogP contribution is 2.30. The van der Waals surface area contributed by atoms with Gasteiger partial charge in [0.05, 0.1) is 4.90 Å². The highest BCUT2D eigenvalue weighted by Gasteiger charge is 2.32. The van der Waals surface area contributed by atoms with E-state index in [0.29, 0.717) is 23.9 Å². The van der Waals surface area contributed by atoms with Crippen LogP contribution in [0.1, 0.15) is 18.7 Å². The van der Waals surface area contributed by atoms with E-state index in [1.54, 1.807) is 21.7 Å². The molecule has 15 heavy (non-hydrogen) atoms. The first-order chi connectivity index (χ1) is 7.01. The monoisotopic (exact) mass is 245 g/mol. The zero-order valence-electron chi connectivity index (χ0n) is 8.93. The molecular weight excluding hydrogens is 230 g/mol. The summed E-state index contributed by atoms with van der Waals surface area (Å²) in [5, 5.41) is 1.86. The summed E-state index contributed by atoms with van der Waals surface area (Å²) in [5.41, 5.74) is 0. The van der Waals surface area contributed by atoms with Crippen LogP contribution in [0.5, 0.6) is 0 Å². The Morgan fingerprint density at radius 3 is 2.93 bits per heavy atom. The molecule has 84 valence electrons. The number of thiophene rings is 1. The van der Waals surface area contributed by atoms with E-state index in [2.05, 4.69) is 0 Å². The number of hydrogen-bond donors (Lipinski definition) is 0. The van der Waals surface area contributed by atoms with Gasteiger partial charge in [-0.3, -0.25) is 0 Å². The SMILES string of the molecule is CC(C)CN1CCc2sccc2S1(=O)=O. The Bertz CT molecular complexity index is 448. The lowest BCUT2D eigenvalue weighted by molar-refractivity contribution is 0.362. The van der Waals surface area contributed by atoms with Crippen LogP contribution in [0.2, 0.25) is 0 Å². The molecule has 0 bridgehead atoms. The first-order valence-corrected chi connectivity index (χ1v) is 7.40. The fourth-order valence-electron chi connectivity index (χ4n) is 1.82. The fourth-order valence-corrected chi connectivity index (χ4v) is 4.87. The molecule has 1 aromatic heterocycles. The van der Waals surface area contributed by atoms with Gasteiger partial charge in [-0.15, -0.1) is 11.3 Å². The Kier molecular flexibility index (Phi) is 2.87. The van der Waals surface area contributed by atoms with E-state index in [4.69, 9.17) is 0 Å². The molecule has 0 aromatic carbocycles. The predicted molar refractivity (Wildman–Crippen MR) is 61.6 cm³/mol. The largest absolute Gasteiger partial charge is 0.244 e. The van der Waals surface area contributed by atoms with Gasteiger partial charge < -0.3 is 0 Å². The molecule has 2 heterocycles. The van der Waals surface area contributed by atoms with Crippen LogP contribution in [0.4, 0.5) is 0 Å². The first-order valence-electron chi connectivity index (χ1n) is 5.08. The summed E-state index contributed by atoms with van der Waals surface area (Å²) in [5.74, 6) is 0.375. The average Bonchev–Trinajstić information content (AvgIpc) is 2.58. The third kappa shape index (κ3) is 1.96. The Labute approximate surface area is 94.8 Å². The van der Waals surface area contributed by atoms with Crippen LogP contribution < -0.4 is 0 Å². The number of nitrogens with zero attached hydrogens (tertiary/aromatic N) is 1. The average molecular weight is 245 g/mol. The minimum absolute atomic E-state index is 0.375. The van der Waals surface area contributed by atoms with Crippen molar-refractivity contribution in [2.75, 3.05) is 13.1 Å². The second kappa shape index (κ2) is 3.88. The molecule has 0 spiro atoms. The molecule has 2 rings (SSSR count). The lowest BCUT2D eigenvalue weighted by atomic mass is 10.2. The van der Waals surface area contributed by atoms with Gasteiger partial charge in [-0.25, -0.2) is 8.42 Å². The summed E-state index contributed by atoms with van der Waals surface area (Å²) in [7, 11) is -3.19. The normalized spacial score (nSPS) is 20.5. The molecular formula is C10H15NO2S2. The van der Waals surface area contributed by atoms with Gasteiger partial charge in [0.1, 0.15) is 0 Å². The van der Waals surface area contributed by atoms with Crippen LogP contribution in [-0.2, 0) is 16.4 Å². The third-order valence-corrected chi connectivity index (χ3v) is 5.54. The molecule has 0 aliphatic carbocycles. The van der Waals surface area contributed by atoms with Gasteiger partial charge in [-0.05, 0) is 23.8 Å². The van der Waals surface area contributed by atoms with Crippen LogP contribution in [0.25, 0.3) is 0 Å². The molecule has 1 aromatic rings. The van der Waals surface area contributed by atoms with Crippen molar-refractivity contribution >= 4 is 21.4 Å². The lowest BCUT2D eigenvalue weighted by Crippen LogP contribution is -2.38. The Morgan fingerprint density at radius 1 is 1.53 bits per heavy atom. The number of rotatable bonds is 2. The molecule has 0 saturated carbocycles. The summed E-state index contributed by atoms with van der Waals surface area (Å²) >= 11 is 1.54. The quantitative estimate of drug-likeness (QED) is 0.798. The second-order valence-corrected chi connectivity index (χ2v) is 7.12. The summed E-state index contributed by atoms with van der Waals surface area (Å²) in [4.78, 5) is 1.54. The molecule has 1 aliphatic rings. The maximum absolute atomic E-state index is 12.1. The second-order valence-electron chi connectivity index (χ2n) is 4.21.